The molecule has 0 spiro atoms. The van der Waals surface area contributed by atoms with Crippen molar-refractivity contribution in [3.8, 4) is 0 Å². The zero-order valence-corrected chi connectivity index (χ0v) is 16.6. The fraction of sp³-hybridized carbons (Fsp3) is 0.476. The Labute approximate surface area is 159 Å². The summed E-state index contributed by atoms with van der Waals surface area (Å²) in [6, 6.07) is 8.22. The molecule has 0 radical (unpaired) electrons. The van der Waals surface area contributed by atoms with E-state index in [9.17, 15) is 4.79 Å². The van der Waals surface area contributed by atoms with Crippen LogP contribution in [0.3, 0.4) is 0 Å². The molecule has 2 aromatic heterocycles. The Hall–Kier alpha value is -2.63. The smallest absolute Gasteiger partial charge is 0.257 e. The number of aromatic nitrogens is 4. The molecule has 6 heteroatoms. The number of para-hydroxylation sites is 2. The van der Waals surface area contributed by atoms with Crippen molar-refractivity contribution in [3.63, 3.8) is 0 Å². The van der Waals surface area contributed by atoms with Crippen molar-refractivity contribution in [3.05, 3.63) is 47.0 Å². The highest BCUT2D eigenvalue weighted by Gasteiger charge is 2.30. The Morgan fingerprint density at radius 3 is 2.74 bits per heavy atom. The van der Waals surface area contributed by atoms with Crippen LogP contribution >= 0.6 is 0 Å². The lowest BCUT2D eigenvalue weighted by atomic mass is 9.96. The Morgan fingerprint density at radius 1 is 1.26 bits per heavy atom. The van der Waals surface area contributed by atoms with Crippen LogP contribution in [0.1, 0.15) is 53.3 Å². The first-order valence-electron chi connectivity index (χ1n) is 9.75. The van der Waals surface area contributed by atoms with Gasteiger partial charge in [0.2, 0.25) is 0 Å². The second-order valence-corrected chi connectivity index (χ2v) is 7.47. The van der Waals surface area contributed by atoms with Gasteiger partial charge in [0.05, 0.1) is 22.3 Å². The number of benzene rings is 1. The predicted octanol–water partition coefficient (Wildman–Crippen LogP) is 3.43. The van der Waals surface area contributed by atoms with Crippen molar-refractivity contribution in [1.29, 1.82) is 0 Å². The van der Waals surface area contributed by atoms with E-state index < -0.39 is 0 Å². The molecule has 0 bridgehead atoms. The number of imidazole rings is 1. The molecule has 6 nitrogen and oxygen atoms in total. The quantitative estimate of drug-likeness (QED) is 0.714. The maximum absolute atomic E-state index is 13.2. The van der Waals surface area contributed by atoms with Crippen molar-refractivity contribution >= 4 is 16.9 Å². The van der Waals surface area contributed by atoms with E-state index in [-0.39, 0.29) is 11.8 Å². The summed E-state index contributed by atoms with van der Waals surface area (Å²) in [5, 5.41) is 4.52. The van der Waals surface area contributed by atoms with Gasteiger partial charge in [0, 0.05) is 38.3 Å². The van der Waals surface area contributed by atoms with Crippen LogP contribution in [0.5, 0.6) is 0 Å². The molecule has 27 heavy (non-hydrogen) atoms. The van der Waals surface area contributed by atoms with E-state index in [1.165, 1.54) is 0 Å². The highest BCUT2D eigenvalue weighted by molar-refractivity contribution is 5.96. The van der Waals surface area contributed by atoms with E-state index in [2.05, 4.69) is 35.8 Å². The molecule has 3 heterocycles. The largest absolute Gasteiger partial charge is 0.338 e. The number of amides is 1. The minimum Gasteiger partial charge on any atom is -0.338 e. The molecule has 0 aliphatic carbocycles. The van der Waals surface area contributed by atoms with E-state index in [0.717, 1.165) is 59.7 Å². The number of hydrogen-bond acceptors (Lipinski definition) is 3. The fourth-order valence-electron chi connectivity index (χ4n) is 4.37. The second-order valence-electron chi connectivity index (χ2n) is 7.47. The van der Waals surface area contributed by atoms with E-state index in [1.54, 1.807) is 0 Å². The van der Waals surface area contributed by atoms with Gasteiger partial charge < -0.3 is 9.47 Å². The Bertz CT molecular complexity index is 1000. The molecule has 1 fully saturated rings. The van der Waals surface area contributed by atoms with E-state index >= 15 is 0 Å². The molecule has 1 atom stereocenters. The monoisotopic (exact) mass is 365 g/mol. The number of hydrogen-bond donors (Lipinski definition) is 0. The van der Waals surface area contributed by atoms with Crippen LogP contribution in [0.15, 0.2) is 24.3 Å². The van der Waals surface area contributed by atoms with Gasteiger partial charge in [0.15, 0.2) is 0 Å². The number of fused-ring (bicyclic) bond motifs is 1. The van der Waals surface area contributed by atoms with Crippen molar-refractivity contribution in [1.82, 2.24) is 24.2 Å². The summed E-state index contributed by atoms with van der Waals surface area (Å²) in [5.74, 6) is 1.45. The van der Waals surface area contributed by atoms with Crippen LogP contribution in [0, 0.1) is 13.8 Å². The van der Waals surface area contributed by atoms with Crippen LogP contribution in [0.4, 0.5) is 0 Å². The number of likely N-dealkylation sites (tertiary alicyclic amines) is 1. The lowest BCUT2D eigenvalue weighted by Crippen LogP contribution is -2.40. The van der Waals surface area contributed by atoms with Crippen LogP contribution in [-0.2, 0) is 13.6 Å². The molecule has 1 aliphatic heterocycles. The zero-order valence-electron chi connectivity index (χ0n) is 16.6. The lowest BCUT2D eigenvalue weighted by Gasteiger charge is -2.32. The van der Waals surface area contributed by atoms with Gasteiger partial charge in [-0.3, -0.25) is 9.48 Å². The first-order valence-corrected chi connectivity index (χ1v) is 9.75. The van der Waals surface area contributed by atoms with Crippen molar-refractivity contribution < 1.29 is 4.79 Å². The number of aryl methyl sites for hydroxylation is 3. The first-order chi connectivity index (χ1) is 13.0. The topological polar surface area (TPSA) is 56.0 Å². The SMILES string of the molecule is CCn1nc(C)c(C(=O)N2CCCC(c3nc4ccccc4n3C)C2)c1C. The van der Waals surface area contributed by atoms with Gasteiger partial charge in [-0.05, 0) is 45.7 Å². The maximum Gasteiger partial charge on any atom is 0.257 e. The number of carbonyl (C=O) groups excluding carboxylic acids is 1. The molecule has 1 saturated heterocycles. The summed E-state index contributed by atoms with van der Waals surface area (Å²) >= 11 is 0. The summed E-state index contributed by atoms with van der Waals surface area (Å²) < 4.78 is 4.09. The standard InChI is InChI=1S/C21H27N5O/c1-5-26-15(3)19(14(2)23-26)21(27)25-12-8-9-16(13-25)20-22-17-10-6-7-11-18(17)24(20)4/h6-7,10-11,16H,5,8-9,12-13H2,1-4H3. The Balaban J connectivity index is 1.62. The van der Waals surface area contributed by atoms with Crippen molar-refractivity contribution in [2.45, 2.75) is 46.1 Å². The number of carbonyl (C=O) groups is 1. The molecule has 3 aromatic rings. The molecule has 4 rings (SSSR count). The average molecular weight is 365 g/mol. The van der Waals surface area contributed by atoms with Gasteiger partial charge in [0.25, 0.3) is 5.91 Å². The van der Waals surface area contributed by atoms with Gasteiger partial charge in [-0.15, -0.1) is 0 Å². The molecular weight excluding hydrogens is 338 g/mol. The van der Waals surface area contributed by atoms with E-state index in [4.69, 9.17) is 4.98 Å². The summed E-state index contributed by atoms with van der Waals surface area (Å²) in [7, 11) is 2.07. The highest BCUT2D eigenvalue weighted by Crippen LogP contribution is 2.30. The zero-order chi connectivity index (χ0) is 19.1. The van der Waals surface area contributed by atoms with E-state index in [1.807, 2.05) is 35.6 Å². The van der Waals surface area contributed by atoms with Gasteiger partial charge >= 0.3 is 0 Å². The number of rotatable bonds is 3. The third-order valence-electron chi connectivity index (χ3n) is 5.79. The highest BCUT2D eigenvalue weighted by atomic mass is 16.2. The minimum absolute atomic E-state index is 0.105. The molecule has 0 saturated carbocycles. The molecule has 1 aromatic carbocycles. The molecule has 1 amide bonds. The van der Waals surface area contributed by atoms with Crippen LogP contribution in [-0.4, -0.2) is 43.2 Å². The molecule has 0 N–H and O–H groups in total. The van der Waals surface area contributed by atoms with Crippen molar-refractivity contribution in [2.75, 3.05) is 13.1 Å². The van der Waals surface area contributed by atoms with Crippen molar-refractivity contribution in [2.24, 2.45) is 7.05 Å². The Kier molecular flexibility index (Phi) is 4.50. The molecule has 142 valence electrons. The molecule has 1 aliphatic rings. The average Bonchev–Trinajstić information content (AvgIpc) is 3.17. The molecular formula is C21H27N5O. The molecule has 1 unspecified atom stereocenters. The number of piperidine rings is 1. The third kappa shape index (κ3) is 2.93. The number of nitrogens with zero attached hydrogens (tertiary/aromatic N) is 5. The van der Waals surface area contributed by atoms with Gasteiger partial charge in [-0.2, -0.15) is 5.10 Å². The van der Waals surface area contributed by atoms with Crippen LogP contribution in [0.2, 0.25) is 0 Å². The summed E-state index contributed by atoms with van der Waals surface area (Å²) in [6.45, 7) is 8.27. The normalized spacial score (nSPS) is 17.6. The summed E-state index contributed by atoms with van der Waals surface area (Å²) in [6.07, 6.45) is 2.06. The maximum atomic E-state index is 13.2. The van der Waals surface area contributed by atoms with Gasteiger partial charge in [-0.1, -0.05) is 12.1 Å². The Morgan fingerprint density at radius 2 is 2.04 bits per heavy atom. The van der Waals surface area contributed by atoms with Gasteiger partial charge in [0.1, 0.15) is 5.82 Å². The first kappa shape index (κ1) is 17.8. The summed E-state index contributed by atoms with van der Waals surface area (Å²) in [5.41, 5.74) is 4.72. The van der Waals surface area contributed by atoms with Crippen LogP contribution in [0.25, 0.3) is 11.0 Å². The van der Waals surface area contributed by atoms with Gasteiger partial charge in [-0.25, -0.2) is 4.98 Å². The predicted molar refractivity (Wildman–Crippen MR) is 106 cm³/mol. The lowest BCUT2D eigenvalue weighted by molar-refractivity contribution is 0.0702. The second kappa shape index (κ2) is 6.83. The minimum atomic E-state index is 0.105. The van der Waals surface area contributed by atoms with E-state index in [0.29, 0.717) is 6.54 Å². The fourth-order valence-corrected chi connectivity index (χ4v) is 4.37. The van der Waals surface area contributed by atoms with Crippen LogP contribution < -0.4 is 0 Å². The summed E-state index contributed by atoms with van der Waals surface area (Å²) in [4.78, 5) is 20.1. The third-order valence-corrected chi connectivity index (χ3v) is 5.79.